The summed E-state index contributed by atoms with van der Waals surface area (Å²) in [6, 6.07) is 14.2. The molecule has 132 valence electrons. The molecule has 6 nitrogen and oxygen atoms in total. The maximum Gasteiger partial charge on any atom is 0.293 e. The summed E-state index contributed by atoms with van der Waals surface area (Å²) in [5.74, 6) is -0.187. The Balaban J connectivity index is 1.55. The number of rotatable bonds is 3. The van der Waals surface area contributed by atoms with Gasteiger partial charge in [0, 0.05) is 10.0 Å². The lowest BCUT2D eigenvalue weighted by Crippen LogP contribution is -2.48. The van der Waals surface area contributed by atoms with E-state index in [0.29, 0.717) is 10.6 Å². The van der Waals surface area contributed by atoms with Crippen LogP contribution in [0.2, 0.25) is 0 Å². The van der Waals surface area contributed by atoms with Gasteiger partial charge in [0.05, 0.1) is 4.88 Å². The molecule has 26 heavy (non-hydrogen) atoms. The first-order chi connectivity index (χ1) is 12.5. The van der Waals surface area contributed by atoms with Crippen molar-refractivity contribution in [1.29, 1.82) is 0 Å². The van der Waals surface area contributed by atoms with Crippen LogP contribution in [0.5, 0.6) is 0 Å². The highest BCUT2D eigenvalue weighted by molar-refractivity contribution is 9.10. The van der Waals surface area contributed by atoms with Gasteiger partial charge in [0.25, 0.3) is 11.8 Å². The van der Waals surface area contributed by atoms with Crippen LogP contribution in [-0.2, 0) is 0 Å². The lowest BCUT2D eigenvalue weighted by molar-refractivity contribution is 0.0929. The summed E-state index contributed by atoms with van der Waals surface area (Å²) in [5, 5.41) is 4.19. The molecule has 2 amide bonds. The molecule has 0 saturated heterocycles. The van der Waals surface area contributed by atoms with Crippen molar-refractivity contribution in [3.05, 3.63) is 69.0 Å². The summed E-state index contributed by atoms with van der Waals surface area (Å²) in [7, 11) is 0. The van der Waals surface area contributed by atoms with Crippen LogP contribution in [0.3, 0.4) is 0 Å². The van der Waals surface area contributed by atoms with Crippen molar-refractivity contribution in [1.82, 2.24) is 16.2 Å². The fraction of sp³-hybridized carbons (Fsp3) is 0. The third kappa shape index (κ3) is 4.57. The van der Waals surface area contributed by atoms with E-state index in [0.717, 1.165) is 10.0 Å². The number of carbonyl (C=O) groups excluding carboxylic acids is 2. The number of hydrogen-bond donors (Lipinski definition) is 3. The summed E-state index contributed by atoms with van der Waals surface area (Å²) >= 11 is 9.65. The van der Waals surface area contributed by atoms with Crippen LogP contribution >= 0.6 is 39.5 Å². The number of thiophene rings is 1. The van der Waals surface area contributed by atoms with Crippen LogP contribution in [0.25, 0.3) is 11.3 Å². The Hall–Kier alpha value is -2.49. The molecule has 3 aromatic rings. The molecule has 2 heterocycles. The first kappa shape index (κ1) is 18.3. The number of halogens is 1. The van der Waals surface area contributed by atoms with Crippen LogP contribution < -0.4 is 16.2 Å². The van der Waals surface area contributed by atoms with E-state index in [4.69, 9.17) is 16.6 Å². The van der Waals surface area contributed by atoms with Crippen molar-refractivity contribution in [2.24, 2.45) is 0 Å². The summed E-state index contributed by atoms with van der Waals surface area (Å²) in [6.45, 7) is 0. The predicted octanol–water partition coefficient (Wildman–Crippen LogP) is 3.72. The molecule has 2 aromatic heterocycles. The zero-order valence-corrected chi connectivity index (χ0v) is 16.3. The van der Waals surface area contributed by atoms with Crippen LogP contribution in [0.4, 0.5) is 0 Å². The molecule has 0 unspecified atom stereocenters. The van der Waals surface area contributed by atoms with E-state index in [1.54, 1.807) is 29.6 Å². The van der Waals surface area contributed by atoms with Gasteiger partial charge < -0.3 is 4.42 Å². The monoisotopic (exact) mass is 449 g/mol. The van der Waals surface area contributed by atoms with E-state index in [1.807, 2.05) is 24.3 Å². The van der Waals surface area contributed by atoms with Crippen molar-refractivity contribution < 1.29 is 14.0 Å². The molecule has 3 rings (SSSR count). The second-order valence-corrected chi connectivity index (χ2v) is 7.28. The Bertz CT molecular complexity index is 937. The van der Waals surface area contributed by atoms with Crippen molar-refractivity contribution in [3.8, 4) is 11.3 Å². The van der Waals surface area contributed by atoms with Crippen LogP contribution in [0.15, 0.2) is 62.8 Å². The van der Waals surface area contributed by atoms with Gasteiger partial charge in [-0.3, -0.25) is 25.8 Å². The first-order valence-corrected chi connectivity index (χ1v) is 9.42. The molecule has 1 aromatic carbocycles. The average Bonchev–Trinajstić information content (AvgIpc) is 3.32. The second-order valence-electron chi connectivity index (χ2n) is 5.01. The Morgan fingerprint density at radius 1 is 1.00 bits per heavy atom. The molecular formula is C17H12BrN3O3S2. The minimum Gasteiger partial charge on any atom is -0.451 e. The molecule has 0 aliphatic rings. The van der Waals surface area contributed by atoms with Gasteiger partial charge in [-0.15, -0.1) is 11.3 Å². The number of thiocarbonyl (C=S) groups is 1. The van der Waals surface area contributed by atoms with E-state index in [2.05, 4.69) is 32.1 Å². The number of benzene rings is 1. The van der Waals surface area contributed by atoms with Gasteiger partial charge in [0.15, 0.2) is 10.9 Å². The van der Waals surface area contributed by atoms with Gasteiger partial charge in [-0.1, -0.05) is 34.1 Å². The van der Waals surface area contributed by atoms with Gasteiger partial charge >= 0.3 is 0 Å². The molecule has 0 atom stereocenters. The lowest BCUT2D eigenvalue weighted by Gasteiger charge is -2.09. The molecule has 0 aliphatic heterocycles. The topological polar surface area (TPSA) is 83.4 Å². The number of furan rings is 1. The molecule has 0 aliphatic carbocycles. The van der Waals surface area contributed by atoms with Crippen molar-refractivity contribution in [2.45, 2.75) is 0 Å². The Morgan fingerprint density at radius 2 is 1.77 bits per heavy atom. The fourth-order valence-electron chi connectivity index (χ4n) is 2.01. The molecular weight excluding hydrogens is 438 g/mol. The maximum absolute atomic E-state index is 12.2. The summed E-state index contributed by atoms with van der Waals surface area (Å²) < 4.78 is 6.51. The number of amides is 2. The standard InChI is InChI=1S/C17H12BrN3O3S2/c18-11-5-3-10(4-6-11)12-7-8-13(24-12)15(22)19-17(25)21-20-16(23)14-2-1-9-26-14/h1-9H,(H,20,23)(H2,19,21,22,25). The third-order valence-corrected chi connectivity index (χ3v) is 4.82. The van der Waals surface area contributed by atoms with Crippen molar-refractivity contribution in [2.75, 3.05) is 0 Å². The van der Waals surface area contributed by atoms with E-state index < -0.39 is 5.91 Å². The van der Waals surface area contributed by atoms with Crippen molar-refractivity contribution >= 4 is 56.4 Å². The highest BCUT2D eigenvalue weighted by Crippen LogP contribution is 2.23. The molecule has 3 N–H and O–H groups in total. The first-order valence-electron chi connectivity index (χ1n) is 7.34. The van der Waals surface area contributed by atoms with Crippen LogP contribution in [0.1, 0.15) is 20.2 Å². The molecule has 0 bridgehead atoms. The number of hydrazine groups is 1. The average molecular weight is 450 g/mol. The van der Waals surface area contributed by atoms with Gasteiger partial charge in [-0.25, -0.2) is 0 Å². The Morgan fingerprint density at radius 3 is 2.46 bits per heavy atom. The number of carbonyl (C=O) groups is 2. The fourth-order valence-corrected chi connectivity index (χ4v) is 3.04. The lowest BCUT2D eigenvalue weighted by atomic mass is 10.2. The molecule has 0 saturated carbocycles. The van der Waals surface area contributed by atoms with E-state index in [1.165, 1.54) is 11.3 Å². The van der Waals surface area contributed by atoms with Gasteiger partial charge in [-0.05, 0) is 47.9 Å². The van der Waals surface area contributed by atoms with E-state index >= 15 is 0 Å². The zero-order valence-electron chi connectivity index (χ0n) is 13.1. The normalized spacial score (nSPS) is 10.2. The smallest absolute Gasteiger partial charge is 0.293 e. The van der Waals surface area contributed by atoms with Gasteiger partial charge in [0.1, 0.15) is 5.76 Å². The van der Waals surface area contributed by atoms with Crippen LogP contribution in [0, 0.1) is 0 Å². The summed E-state index contributed by atoms with van der Waals surface area (Å²) in [5.41, 5.74) is 5.73. The number of nitrogens with one attached hydrogen (secondary N) is 3. The van der Waals surface area contributed by atoms with E-state index in [9.17, 15) is 9.59 Å². The SMILES string of the molecule is O=C(NC(=S)NNC(=O)c1cccs1)c1ccc(-c2ccc(Br)cc2)o1. The van der Waals surface area contributed by atoms with Crippen molar-refractivity contribution in [3.63, 3.8) is 0 Å². The molecule has 0 fully saturated rings. The zero-order chi connectivity index (χ0) is 18.5. The highest BCUT2D eigenvalue weighted by atomic mass is 79.9. The largest absolute Gasteiger partial charge is 0.451 e. The minimum atomic E-state index is -0.517. The third-order valence-electron chi connectivity index (χ3n) is 3.22. The highest BCUT2D eigenvalue weighted by Gasteiger charge is 2.14. The van der Waals surface area contributed by atoms with Gasteiger partial charge in [-0.2, -0.15) is 0 Å². The molecule has 0 spiro atoms. The molecule has 0 radical (unpaired) electrons. The Labute approximate surface area is 166 Å². The number of hydrogen-bond acceptors (Lipinski definition) is 5. The minimum absolute atomic E-state index is 0.0403. The Kier molecular flexibility index (Phi) is 5.82. The summed E-state index contributed by atoms with van der Waals surface area (Å²) in [6.07, 6.45) is 0. The predicted molar refractivity (Wildman–Crippen MR) is 107 cm³/mol. The van der Waals surface area contributed by atoms with Gasteiger partial charge in [0.2, 0.25) is 0 Å². The quantitative estimate of drug-likeness (QED) is 0.419. The summed E-state index contributed by atoms with van der Waals surface area (Å²) in [4.78, 5) is 24.5. The maximum atomic E-state index is 12.2. The van der Waals surface area contributed by atoms with E-state index in [-0.39, 0.29) is 16.8 Å². The van der Waals surface area contributed by atoms with Crippen LogP contribution in [-0.4, -0.2) is 16.9 Å². The second kappa shape index (κ2) is 8.26. The molecule has 9 heteroatoms.